The highest BCUT2D eigenvalue weighted by atomic mass is 32.1. The molecule has 10 nitrogen and oxygen atoms in total. The first-order chi connectivity index (χ1) is 16.5. The summed E-state index contributed by atoms with van der Waals surface area (Å²) in [6, 6.07) is 13.4. The molecule has 34 heavy (non-hydrogen) atoms. The minimum absolute atomic E-state index is 0.114. The Balaban J connectivity index is 1.27. The topological polar surface area (TPSA) is 121 Å². The van der Waals surface area contributed by atoms with Gasteiger partial charge in [0.15, 0.2) is 11.5 Å². The van der Waals surface area contributed by atoms with Gasteiger partial charge in [-0.2, -0.15) is 0 Å². The van der Waals surface area contributed by atoms with E-state index in [0.29, 0.717) is 27.4 Å². The molecule has 0 unspecified atom stereocenters. The molecular weight excluding hydrogens is 460 g/mol. The van der Waals surface area contributed by atoms with E-state index in [4.69, 9.17) is 14.2 Å². The van der Waals surface area contributed by atoms with Crippen LogP contribution in [-0.2, 0) is 11.3 Å². The van der Waals surface area contributed by atoms with Crippen molar-refractivity contribution in [2.24, 2.45) is 0 Å². The molecule has 5 rings (SSSR count). The average Bonchev–Trinajstić information content (AvgIpc) is 3.48. The first kappa shape index (κ1) is 21.5. The highest BCUT2D eigenvalue weighted by Gasteiger charge is 2.16. The molecule has 3 heterocycles. The first-order valence-corrected chi connectivity index (χ1v) is 11.0. The predicted molar refractivity (Wildman–Crippen MR) is 126 cm³/mol. The van der Waals surface area contributed by atoms with Crippen molar-refractivity contribution in [1.29, 1.82) is 0 Å². The van der Waals surface area contributed by atoms with Gasteiger partial charge in [-0.25, -0.2) is 9.78 Å². The summed E-state index contributed by atoms with van der Waals surface area (Å²) in [5.74, 6) is 1.15. The lowest BCUT2D eigenvalue weighted by molar-refractivity contribution is -0.120. The van der Waals surface area contributed by atoms with E-state index in [2.05, 4.69) is 15.6 Å². The van der Waals surface area contributed by atoms with Gasteiger partial charge in [0, 0.05) is 16.6 Å². The molecule has 0 atom stereocenters. The summed E-state index contributed by atoms with van der Waals surface area (Å²) in [6.45, 7) is -0.242. The zero-order valence-corrected chi connectivity index (χ0v) is 18.7. The van der Waals surface area contributed by atoms with Gasteiger partial charge in [0.2, 0.25) is 12.7 Å². The molecule has 1 aliphatic heterocycles. The van der Waals surface area contributed by atoms with Gasteiger partial charge in [0.1, 0.15) is 17.0 Å². The molecule has 2 aromatic carbocycles. The predicted octanol–water partition coefficient (Wildman–Crippen LogP) is 3.21. The second-order valence-corrected chi connectivity index (χ2v) is 8.35. The number of amides is 3. The lowest BCUT2D eigenvalue weighted by Crippen LogP contribution is -2.38. The van der Waals surface area contributed by atoms with Crippen LogP contribution in [0.3, 0.4) is 0 Å². The van der Waals surface area contributed by atoms with Gasteiger partial charge in [-0.05, 0) is 48.0 Å². The quantitative estimate of drug-likeness (QED) is 0.452. The summed E-state index contributed by atoms with van der Waals surface area (Å²) >= 11 is 1.29. The first-order valence-electron chi connectivity index (χ1n) is 10.1. The number of carbonyl (C=O) groups excluding carboxylic acids is 2. The normalized spacial score (nSPS) is 11.9. The molecule has 0 bridgehead atoms. The second-order valence-electron chi connectivity index (χ2n) is 7.30. The fourth-order valence-corrected chi connectivity index (χ4v) is 4.48. The maximum atomic E-state index is 12.9. The molecule has 0 fully saturated rings. The monoisotopic (exact) mass is 478 g/mol. The fourth-order valence-electron chi connectivity index (χ4n) is 3.41. The molecule has 0 spiro atoms. The zero-order chi connectivity index (χ0) is 23.7. The number of benzene rings is 2. The van der Waals surface area contributed by atoms with E-state index >= 15 is 0 Å². The van der Waals surface area contributed by atoms with Crippen molar-refractivity contribution < 1.29 is 23.8 Å². The summed E-state index contributed by atoms with van der Waals surface area (Å²) < 4.78 is 17.2. The SMILES string of the molecule is COc1ccc(-c2cc3ncn(CC(=O)NC(=O)Nc4ccc5c(c4)OCO5)c(=O)c3s2)cc1. The zero-order valence-electron chi connectivity index (χ0n) is 17.9. The van der Waals surface area contributed by atoms with Crippen LogP contribution in [0.4, 0.5) is 10.5 Å². The molecule has 0 radical (unpaired) electrons. The number of urea groups is 1. The standard InChI is InChI=1S/C23H18N4O6S/c1-31-15-5-2-13(3-6-15)19-9-16-21(34-19)22(29)27(11-24-16)10-20(28)26-23(30)25-14-4-7-17-18(8-14)33-12-32-17/h2-9,11H,10,12H2,1H3,(H2,25,26,28,30). The number of ether oxygens (including phenoxy) is 3. The van der Waals surface area contributed by atoms with Gasteiger partial charge in [-0.1, -0.05) is 0 Å². The lowest BCUT2D eigenvalue weighted by atomic mass is 10.2. The highest BCUT2D eigenvalue weighted by molar-refractivity contribution is 7.22. The number of aromatic nitrogens is 2. The Morgan fingerprint density at radius 1 is 1.12 bits per heavy atom. The number of methoxy groups -OCH3 is 1. The average molecular weight is 478 g/mol. The van der Waals surface area contributed by atoms with Crippen molar-refractivity contribution in [2.45, 2.75) is 6.54 Å². The fraction of sp³-hybridized carbons (Fsp3) is 0.130. The van der Waals surface area contributed by atoms with Crippen LogP contribution >= 0.6 is 11.3 Å². The third-order valence-electron chi connectivity index (χ3n) is 5.08. The minimum Gasteiger partial charge on any atom is -0.497 e. The van der Waals surface area contributed by atoms with Crippen LogP contribution in [0.15, 0.2) is 59.7 Å². The minimum atomic E-state index is -0.733. The third-order valence-corrected chi connectivity index (χ3v) is 6.24. The van der Waals surface area contributed by atoms with Crippen molar-refractivity contribution in [2.75, 3.05) is 19.2 Å². The van der Waals surface area contributed by atoms with Crippen LogP contribution in [0.5, 0.6) is 17.2 Å². The van der Waals surface area contributed by atoms with E-state index in [9.17, 15) is 14.4 Å². The molecule has 2 N–H and O–H groups in total. The van der Waals surface area contributed by atoms with E-state index in [0.717, 1.165) is 16.2 Å². The molecular formula is C23H18N4O6S. The van der Waals surface area contributed by atoms with Crippen LogP contribution < -0.4 is 30.4 Å². The highest BCUT2D eigenvalue weighted by Crippen LogP contribution is 2.34. The molecule has 3 amide bonds. The number of anilines is 1. The van der Waals surface area contributed by atoms with Crippen molar-refractivity contribution in [3.63, 3.8) is 0 Å². The van der Waals surface area contributed by atoms with Crippen molar-refractivity contribution in [3.05, 3.63) is 65.2 Å². The van der Waals surface area contributed by atoms with Gasteiger partial charge in [0.05, 0.1) is 19.0 Å². The van der Waals surface area contributed by atoms with Gasteiger partial charge in [-0.3, -0.25) is 19.5 Å². The number of hydrogen-bond donors (Lipinski definition) is 2. The Hall–Kier alpha value is -4.38. The summed E-state index contributed by atoms with van der Waals surface area (Å²) in [5, 5.41) is 4.75. The van der Waals surface area contributed by atoms with E-state index < -0.39 is 11.9 Å². The molecule has 11 heteroatoms. The van der Waals surface area contributed by atoms with Crippen molar-refractivity contribution in [1.82, 2.24) is 14.9 Å². The van der Waals surface area contributed by atoms with Crippen LogP contribution in [0, 0.1) is 0 Å². The van der Waals surface area contributed by atoms with Gasteiger partial charge in [-0.15, -0.1) is 11.3 Å². The number of rotatable bonds is 5. The van der Waals surface area contributed by atoms with Crippen molar-refractivity contribution >= 4 is 39.2 Å². The van der Waals surface area contributed by atoms with E-state index in [-0.39, 0.29) is 18.9 Å². The Morgan fingerprint density at radius 2 is 1.91 bits per heavy atom. The van der Waals surface area contributed by atoms with Gasteiger partial charge < -0.3 is 19.5 Å². The maximum Gasteiger partial charge on any atom is 0.325 e. The number of carbonyl (C=O) groups is 2. The molecule has 0 aliphatic carbocycles. The molecule has 4 aromatic rings. The van der Waals surface area contributed by atoms with E-state index in [1.807, 2.05) is 30.3 Å². The maximum absolute atomic E-state index is 12.9. The Labute approximate surface area is 196 Å². The number of nitrogens with one attached hydrogen (secondary N) is 2. The second kappa shape index (κ2) is 8.87. The largest absolute Gasteiger partial charge is 0.497 e. The number of imide groups is 1. The van der Waals surface area contributed by atoms with E-state index in [1.165, 1.54) is 22.2 Å². The lowest BCUT2D eigenvalue weighted by Gasteiger charge is -2.08. The molecule has 0 saturated carbocycles. The molecule has 0 saturated heterocycles. The van der Waals surface area contributed by atoms with E-state index in [1.54, 1.807) is 25.3 Å². The Bertz CT molecular complexity index is 1460. The summed E-state index contributed by atoms with van der Waals surface area (Å²) in [4.78, 5) is 42.6. The van der Waals surface area contributed by atoms with Gasteiger partial charge >= 0.3 is 6.03 Å². The number of nitrogens with zero attached hydrogens (tertiary/aromatic N) is 2. The van der Waals surface area contributed by atoms with Gasteiger partial charge in [0.25, 0.3) is 5.56 Å². The number of hydrogen-bond acceptors (Lipinski definition) is 8. The molecule has 172 valence electrons. The Morgan fingerprint density at radius 3 is 2.71 bits per heavy atom. The van der Waals surface area contributed by atoms with Crippen molar-refractivity contribution in [3.8, 4) is 27.7 Å². The number of thiophene rings is 1. The van der Waals surface area contributed by atoms with Crippen LogP contribution in [0.2, 0.25) is 0 Å². The third kappa shape index (κ3) is 4.28. The van der Waals surface area contributed by atoms with Crippen LogP contribution in [-0.4, -0.2) is 35.4 Å². The van der Waals surface area contributed by atoms with Crippen LogP contribution in [0.1, 0.15) is 0 Å². The number of fused-ring (bicyclic) bond motifs is 2. The Kier molecular flexibility index (Phi) is 5.60. The molecule has 1 aliphatic rings. The summed E-state index contributed by atoms with van der Waals surface area (Å²) in [5.41, 5.74) is 1.53. The van der Waals surface area contributed by atoms with Crippen LogP contribution in [0.25, 0.3) is 20.7 Å². The smallest absolute Gasteiger partial charge is 0.325 e. The summed E-state index contributed by atoms with van der Waals surface area (Å²) in [6.07, 6.45) is 1.30. The molecule has 2 aromatic heterocycles. The summed E-state index contributed by atoms with van der Waals surface area (Å²) in [7, 11) is 1.60.